The molecule has 10 heteroatoms. The number of aryl methyl sites for hydroxylation is 1. The summed E-state index contributed by atoms with van der Waals surface area (Å²) in [5, 5.41) is 16.2. The molecule has 0 saturated carbocycles. The van der Waals surface area contributed by atoms with Crippen LogP contribution in [0, 0.1) is 5.82 Å². The zero-order chi connectivity index (χ0) is 25.7. The predicted octanol–water partition coefficient (Wildman–Crippen LogP) is 4.79. The molecule has 36 heavy (non-hydrogen) atoms. The molecule has 6 nitrogen and oxygen atoms in total. The van der Waals surface area contributed by atoms with Crippen LogP contribution in [0.4, 0.5) is 17.6 Å². The maximum absolute atomic E-state index is 14.6. The lowest BCUT2D eigenvalue weighted by Gasteiger charge is -2.31. The Hall–Kier alpha value is -4.18. The zero-order valence-corrected chi connectivity index (χ0v) is 18.7. The molecule has 0 aliphatic carbocycles. The fourth-order valence-corrected chi connectivity index (χ4v) is 4.47. The monoisotopic (exact) mass is 496 g/mol. The third kappa shape index (κ3) is 3.79. The first-order valence-corrected chi connectivity index (χ1v) is 11.0. The summed E-state index contributed by atoms with van der Waals surface area (Å²) in [6.07, 6.45) is -2.55. The van der Waals surface area contributed by atoms with Gasteiger partial charge in [0.05, 0.1) is 17.4 Å². The number of benzene rings is 3. The number of fused-ring (bicyclic) bond motifs is 2. The molecule has 1 atom stereocenters. The summed E-state index contributed by atoms with van der Waals surface area (Å²) in [4.78, 5) is 11.3. The molecule has 0 radical (unpaired) electrons. The van der Waals surface area contributed by atoms with Crippen LogP contribution in [0.2, 0.25) is 0 Å². The minimum Gasteiger partial charge on any atom is -0.372 e. The fraction of sp³-hybridized carbons (Fsp3) is 0.154. The van der Waals surface area contributed by atoms with Gasteiger partial charge in [0.25, 0.3) is 0 Å². The number of para-hydroxylation sites is 1. The van der Waals surface area contributed by atoms with E-state index in [-0.39, 0.29) is 29.5 Å². The third-order valence-electron chi connectivity index (χ3n) is 6.24. The molecule has 0 bridgehead atoms. The van der Waals surface area contributed by atoms with Crippen molar-refractivity contribution in [3.8, 4) is 5.69 Å². The van der Waals surface area contributed by atoms with Gasteiger partial charge in [0.2, 0.25) is 11.5 Å². The first kappa shape index (κ1) is 23.6. The van der Waals surface area contributed by atoms with Crippen LogP contribution in [0.15, 0.2) is 79.1 Å². The third-order valence-corrected chi connectivity index (χ3v) is 6.24. The molecule has 0 aliphatic heterocycles. The maximum atomic E-state index is 14.6. The molecule has 2 aromatic heterocycles. The number of aromatic nitrogens is 3. The Balaban J connectivity index is 1.67. The summed E-state index contributed by atoms with van der Waals surface area (Å²) < 4.78 is 60.2. The van der Waals surface area contributed by atoms with Gasteiger partial charge in [-0.05, 0) is 48.0 Å². The van der Waals surface area contributed by atoms with E-state index >= 15 is 0 Å². The Kier molecular flexibility index (Phi) is 5.55. The Morgan fingerprint density at radius 1 is 1.00 bits per heavy atom. The molecule has 5 aromatic rings. The molecule has 0 saturated heterocycles. The van der Waals surface area contributed by atoms with E-state index in [4.69, 9.17) is 5.73 Å². The highest BCUT2D eigenvalue weighted by atomic mass is 19.4. The average Bonchev–Trinajstić information content (AvgIpc) is 3.43. The van der Waals surface area contributed by atoms with Crippen LogP contribution >= 0.6 is 0 Å². The summed E-state index contributed by atoms with van der Waals surface area (Å²) in [5.41, 5.74) is 2.58. The quantitative estimate of drug-likeness (QED) is 0.332. The van der Waals surface area contributed by atoms with Crippen molar-refractivity contribution in [2.45, 2.75) is 24.7 Å². The molecule has 0 aliphatic rings. The second-order valence-corrected chi connectivity index (χ2v) is 8.48. The second kappa shape index (κ2) is 8.49. The molecular weight excluding hydrogens is 476 g/mol. The Labute approximate surface area is 202 Å². The molecule has 5 rings (SSSR count). The first-order valence-electron chi connectivity index (χ1n) is 11.0. The number of amides is 1. The number of hydrogen-bond acceptors (Lipinski definition) is 3. The fourth-order valence-electron chi connectivity index (χ4n) is 4.47. The lowest BCUT2D eigenvalue weighted by Crippen LogP contribution is -2.43. The normalized spacial score (nSPS) is 13.8. The first-order chi connectivity index (χ1) is 17.1. The minimum atomic E-state index is -5.08. The van der Waals surface area contributed by atoms with E-state index in [2.05, 4.69) is 5.10 Å². The number of aliphatic hydroxyl groups is 1. The molecular formula is C26H20F4N4O2. The highest BCUT2D eigenvalue weighted by Crippen LogP contribution is 2.47. The van der Waals surface area contributed by atoms with Crippen molar-refractivity contribution in [1.82, 2.24) is 14.3 Å². The minimum absolute atomic E-state index is 0.0628. The van der Waals surface area contributed by atoms with Gasteiger partial charge in [0.15, 0.2) is 0 Å². The number of nitrogens with two attached hydrogens (primary N) is 1. The van der Waals surface area contributed by atoms with Crippen LogP contribution in [0.1, 0.15) is 17.5 Å². The highest BCUT2D eigenvalue weighted by Gasteiger charge is 2.57. The van der Waals surface area contributed by atoms with E-state index in [1.165, 1.54) is 70.2 Å². The lowest BCUT2D eigenvalue weighted by atomic mass is 9.85. The van der Waals surface area contributed by atoms with Crippen molar-refractivity contribution in [2.75, 3.05) is 0 Å². The number of nitrogens with zero attached hydrogens (tertiary/aromatic N) is 3. The maximum Gasteiger partial charge on any atom is 0.425 e. The van der Waals surface area contributed by atoms with Gasteiger partial charge in [-0.2, -0.15) is 18.3 Å². The van der Waals surface area contributed by atoms with Crippen LogP contribution in [0.3, 0.4) is 0 Å². The van der Waals surface area contributed by atoms with Crippen molar-refractivity contribution in [2.24, 2.45) is 5.73 Å². The second-order valence-electron chi connectivity index (χ2n) is 8.48. The van der Waals surface area contributed by atoms with E-state index in [0.29, 0.717) is 22.1 Å². The Bertz CT molecular complexity index is 1590. The van der Waals surface area contributed by atoms with E-state index in [1.54, 1.807) is 18.2 Å². The number of carbonyl (C=O) groups excluding carboxylic acids is 1. The Morgan fingerprint density at radius 3 is 2.42 bits per heavy atom. The lowest BCUT2D eigenvalue weighted by molar-refractivity contribution is -0.247. The SMILES string of the molecule is NC(=O)CCn1cc(C(O)(c2ccc3c(cnn3-c3ccc(F)cc3)c2)C(F)(F)F)c2ccccc21. The van der Waals surface area contributed by atoms with Gasteiger partial charge in [-0.3, -0.25) is 4.79 Å². The number of hydrogen-bond donors (Lipinski definition) is 2. The van der Waals surface area contributed by atoms with Gasteiger partial charge in [-0.25, -0.2) is 9.07 Å². The summed E-state index contributed by atoms with van der Waals surface area (Å²) in [5.74, 6) is -1.02. The number of halogens is 4. The van der Waals surface area contributed by atoms with Crippen LogP contribution in [0.25, 0.3) is 27.5 Å². The van der Waals surface area contributed by atoms with Crippen molar-refractivity contribution in [1.29, 1.82) is 0 Å². The summed E-state index contributed by atoms with van der Waals surface area (Å²) in [6.45, 7) is 0.0628. The van der Waals surface area contributed by atoms with Gasteiger partial charge >= 0.3 is 6.18 Å². The number of rotatable bonds is 6. The zero-order valence-electron chi connectivity index (χ0n) is 18.7. The van der Waals surface area contributed by atoms with Crippen molar-refractivity contribution in [3.05, 3.63) is 96.1 Å². The van der Waals surface area contributed by atoms with Crippen molar-refractivity contribution in [3.63, 3.8) is 0 Å². The van der Waals surface area contributed by atoms with Crippen LogP contribution < -0.4 is 5.73 Å². The molecule has 3 aromatic carbocycles. The van der Waals surface area contributed by atoms with E-state index in [0.717, 1.165) is 0 Å². The summed E-state index contributed by atoms with van der Waals surface area (Å²) >= 11 is 0. The molecule has 0 spiro atoms. The van der Waals surface area contributed by atoms with Crippen LogP contribution in [-0.2, 0) is 16.9 Å². The molecule has 0 fully saturated rings. The number of alkyl halides is 3. The van der Waals surface area contributed by atoms with Gasteiger partial charge in [0.1, 0.15) is 5.82 Å². The summed E-state index contributed by atoms with van der Waals surface area (Å²) in [7, 11) is 0. The highest BCUT2D eigenvalue weighted by molar-refractivity contribution is 5.87. The summed E-state index contributed by atoms with van der Waals surface area (Å²) in [6, 6.07) is 15.8. The Morgan fingerprint density at radius 2 is 1.72 bits per heavy atom. The average molecular weight is 496 g/mol. The smallest absolute Gasteiger partial charge is 0.372 e. The van der Waals surface area contributed by atoms with Gasteiger partial charge < -0.3 is 15.4 Å². The van der Waals surface area contributed by atoms with Crippen molar-refractivity contribution < 1.29 is 27.5 Å². The topological polar surface area (TPSA) is 86.1 Å². The van der Waals surface area contributed by atoms with E-state index in [9.17, 15) is 27.5 Å². The molecule has 2 heterocycles. The molecule has 3 N–H and O–H groups in total. The van der Waals surface area contributed by atoms with Crippen LogP contribution in [-0.4, -0.2) is 31.5 Å². The van der Waals surface area contributed by atoms with E-state index < -0.39 is 23.5 Å². The van der Waals surface area contributed by atoms with Gasteiger partial charge in [0, 0.05) is 41.0 Å². The molecule has 1 unspecified atom stereocenters. The molecule has 184 valence electrons. The van der Waals surface area contributed by atoms with E-state index in [1.807, 2.05) is 0 Å². The standard InChI is InChI=1S/C26H20F4N4O2/c27-18-6-8-19(9-7-18)34-22-10-5-17(13-16(22)14-32-34)25(36,26(28,29)30)21-15-33(12-11-24(31)35)23-4-2-1-3-20(21)23/h1-10,13-15,36H,11-12H2,(H2,31,35). The number of primary amides is 1. The van der Waals surface area contributed by atoms with Gasteiger partial charge in [-0.1, -0.05) is 24.3 Å². The van der Waals surface area contributed by atoms with Gasteiger partial charge in [-0.15, -0.1) is 0 Å². The molecule has 1 amide bonds. The van der Waals surface area contributed by atoms with Crippen molar-refractivity contribution >= 4 is 27.7 Å². The predicted molar refractivity (Wildman–Crippen MR) is 126 cm³/mol. The largest absolute Gasteiger partial charge is 0.425 e. The number of carbonyl (C=O) groups is 1. The van der Waals surface area contributed by atoms with Crippen LogP contribution in [0.5, 0.6) is 0 Å².